The summed E-state index contributed by atoms with van der Waals surface area (Å²) in [6.45, 7) is 4.72. The Kier molecular flexibility index (Phi) is 2.75. The lowest BCUT2D eigenvalue weighted by Gasteiger charge is -2.10. The van der Waals surface area contributed by atoms with Crippen molar-refractivity contribution in [2.75, 3.05) is 6.61 Å². The van der Waals surface area contributed by atoms with E-state index in [-0.39, 0.29) is 11.6 Å². The highest BCUT2D eigenvalue weighted by molar-refractivity contribution is 5.85. The van der Waals surface area contributed by atoms with Gasteiger partial charge in [0.05, 0.1) is 6.61 Å². The summed E-state index contributed by atoms with van der Waals surface area (Å²) in [5.41, 5.74) is -0.703. The first-order chi connectivity index (χ1) is 7.21. The van der Waals surface area contributed by atoms with Crippen LogP contribution in [0.4, 0.5) is 0 Å². The maximum absolute atomic E-state index is 11.9. The van der Waals surface area contributed by atoms with Crippen LogP contribution in [0.15, 0.2) is 0 Å². The van der Waals surface area contributed by atoms with Gasteiger partial charge in [0.25, 0.3) is 0 Å². The highest BCUT2D eigenvalue weighted by Crippen LogP contribution is 2.62. The zero-order valence-corrected chi connectivity index (χ0v) is 9.67. The molecule has 1 aliphatic heterocycles. The third kappa shape index (κ3) is 1.48. The Morgan fingerprint density at radius 1 is 1.40 bits per heavy atom. The molecule has 2 aliphatic rings. The van der Waals surface area contributed by atoms with Gasteiger partial charge in [0, 0.05) is 0 Å². The quantitative estimate of drug-likeness (QED) is 0.399. The molecule has 2 atom stereocenters. The smallest absolute Gasteiger partial charge is 0.341 e. The van der Waals surface area contributed by atoms with Gasteiger partial charge >= 0.3 is 5.97 Å². The largest absolute Gasteiger partial charge is 0.463 e. The van der Waals surface area contributed by atoms with E-state index in [9.17, 15) is 4.79 Å². The second-order valence-corrected chi connectivity index (χ2v) is 4.62. The molecule has 0 spiro atoms. The number of ether oxygens (including phenoxy) is 2. The maximum Gasteiger partial charge on any atom is 0.341 e. The summed E-state index contributed by atoms with van der Waals surface area (Å²) in [5.74, 6) is -0.115. The second kappa shape index (κ2) is 3.78. The van der Waals surface area contributed by atoms with Crippen LogP contribution < -0.4 is 0 Å². The number of rotatable bonds is 5. The van der Waals surface area contributed by atoms with E-state index in [2.05, 4.69) is 13.8 Å². The van der Waals surface area contributed by atoms with Gasteiger partial charge in [-0.1, -0.05) is 20.3 Å². The highest BCUT2D eigenvalue weighted by atomic mass is 16.7. The maximum atomic E-state index is 11.9. The molecule has 1 heterocycles. The number of carbonyl (C=O) groups is 1. The summed E-state index contributed by atoms with van der Waals surface area (Å²) in [6, 6.07) is 0. The van der Waals surface area contributed by atoms with Crippen LogP contribution in [0.25, 0.3) is 0 Å². The summed E-state index contributed by atoms with van der Waals surface area (Å²) in [6.07, 6.45) is 5.89. The van der Waals surface area contributed by atoms with Gasteiger partial charge in [0.2, 0.25) is 0 Å². The van der Waals surface area contributed by atoms with Crippen molar-refractivity contribution in [3.05, 3.63) is 0 Å². The summed E-state index contributed by atoms with van der Waals surface area (Å²) in [4.78, 5) is 11.9. The van der Waals surface area contributed by atoms with Crippen LogP contribution in [0.5, 0.6) is 0 Å². The number of esters is 1. The van der Waals surface area contributed by atoms with Crippen molar-refractivity contribution in [1.82, 2.24) is 0 Å². The highest BCUT2D eigenvalue weighted by Gasteiger charge is 2.76. The number of fused-ring (bicyclic) bond motifs is 1. The van der Waals surface area contributed by atoms with E-state index in [0.29, 0.717) is 6.61 Å². The average molecular weight is 212 g/mol. The van der Waals surface area contributed by atoms with Gasteiger partial charge in [-0.2, -0.15) is 0 Å². The predicted molar refractivity (Wildman–Crippen MR) is 56.6 cm³/mol. The molecule has 0 N–H and O–H groups in total. The Morgan fingerprint density at radius 2 is 2.20 bits per heavy atom. The van der Waals surface area contributed by atoms with Crippen molar-refractivity contribution in [1.29, 1.82) is 0 Å². The molecule has 2 fully saturated rings. The first kappa shape index (κ1) is 10.9. The molecule has 0 aromatic rings. The number of unbranched alkanes of at least 4 members (excludes halogenated alkanes) is 1. The zero-order valence-electron chi connectivity index (χ0n) is 9.67. The van der Waals surface area contributed by atoms with Crippen molar-refractivity contribution >= 4 is 5.97 Å². The first-order valence-corrected chi connectivity index (χ1v) is 6.08. The molecule has 15 heavy (non-hydrogen) atoms. The van der Waals surface area contributed by atoms with E-state index in [1.54, 1.807) is 0 Å². The first-order valence-electron chi connectivity index (χ1n) is 6.08. The van der Waals surface area contributed by atoms with Crippen LogP contribution in [-0.2, 0) is 14.3 Å². The lowest BCUT2D eigenvalue weighted by molar-refractivity contribution is -0.150. The molecule has 0 bridgehead atoms. The van der Waals surface area contributed by atoms with Gasteiger partial charge in [-0.3, -0.25) is 0 Å². The monoisotopic (exact) mass is 212 g/mol. The summed E-state index contributed by atoms with van der Waals surface area (Å²) < 4.78 is 11.0. The third-order valence-corrected chi connectivity index (χ3v) is 3.81. The van der Waals surface area contributed by atoms with Crippen LogP contribution >= 0.6 is 0 Å². The van der Waals surface area contributed by atoms with E-state index < -0.39 is 5.60 Å². The van der Waals surface area contributed by atoms with Crippen molar-refractivity contribution in [3.8, 4) is 0 Å². The topological polar surface area (TPSA) is 38.8 Å². The summed E-state index contributed by atoms with van der Waals surface area (Å²) in [5, 5.41) is 0. The lowest BCUT2D eigenvalue weighted by atomic mass is 9.94. The number of hydrogen-bond donors (Lipinski definition) is 0. The fraction of sp³-hybridized carbons (Fsp3) is 0.917. The van der Waals surface area contributed by atoms with Gasteiger partial charge < -0.3 is 9.47 Å². The Morgan fingerprint density at radius 3 is 2.80 bits per heavy atom. The van der Waals surface area contributed by atoms with Gasteiger partial charge in [0.15, 0.2) is 5.60 Å². The predicted octanol–water partition coefficient (Wildman–Crippen LogP) is 2.43. The number of hydrogen-bond acceptors (Lipinski definition) is 3. The van der Waals surface area contributed by atoms with Crippen LogP contribution in [0.3, 0.4) is 0 Å². The second-order valence-electron chi connectivity index (χ2n) is 4.62. The Balaban J connectivity index is 1.91. The standard InChI is InChI=1S/C12H20O3/c1-3-5-9-14-10(13)12-8-6-7-11(12,4-2)15-12/h3-9H2,1-2H3. The minimum absolute atomic E-state index is 0.115. The van der Waals surface area contributed by atoms with Crippen molar-refractivity contribution < 1.29 is 14.3 Å². The van der Waals surface area contributed by atoms with Crippen molar-refractivity contribution in [2.45, 2.75) is 63.6 Å². The fourth-order valence-electron chi connectivity index (χ4n) is 2.75. The minimum Gasteiger partial charge on any atom is -0.463 e. The molecule has 0 amide bonds. The molecule has 86 valence electrons. The Labute approximate surface area is 91.1 Å². The zero-order chi connectivity index (χ0) is 10.9. The van der Waals surface area contributed by atoms with Crippen molar-refractivity contribution in [3.63, 3.8) is 0 Å². The van der Waals surface area contributed by atoms with Gasteiger partial charge in [-0.25, -0.2) is 4.79 Å². The molecule has 1 saturated heterocycles. The van der Waals surface area contributed by atoms with E-state index in [4.69, 9.17) is 9.47 Å². The van der Waals surface area contributed by atoms with Crippen LogP contribution in [-0.4, -0.2) is 23.8 Å². The van der Waals surface area contributed by atoms with Gasteiger partial charge in [0.1, 0.15) is 5.60 Å². The molecule has 1 aliphatic carbocycles. The molecule has 3 heteroatoms. The number of carbonyl (C=O) groups excluding carboxylic acids is 1. The molecular formula is C12H20O3. The van der Waals surface area contributed by atoms with Crippen LogP contribution in [0, 0.1) is 0 Å². The molecular weight excluding hydrogens is 192 g/mol. The van der Waals surface area contributed by atoms with E-state index in [0.717, 1.165) is 38.5 Å². The fourth-order valence-corrected chi connectivity index (χ4v) is 2.75. The van der Waals surface area contributed by atoms with Gasteiger partial charge in [-0.05, 0) is 32.1 Å². The van der Waals surface area contributed by atoms with E-state index in [1.165, 1.54) is 0 Å². The summed E-state index contributed by atoms with van der Waals surface area (Å²) >= 11 is 0. The van der Waals surface area contributed by atoms with Crippen molar-refractivity contribution in [2.24, 2.45) is 0 Å². The minimum atomic E-state index is -0.546. The van der Waals surface area contributed by atoms with Gasteiger partial charge in [-0.15, -0.1) is 0 Å². The normalized spacial score (nSPS) is 37.5. The molecule has 0 aromatic heterocycles. The van der Waals surface area contributed by atoms with E-state index >= 15 is 0 Å². The van der Waals surface area contributed by atoms with Crippen LogP contribution in [0.2, 0.25) is 0 Å². The number of epoxide rings is 1. The molecule has 1 saturated carbocycles. The third-order valence-electron chi connectivity index (χ3n) is 3.81. The molecule has 2 rings (SSSR count). The molecule has 0 aromatic carbocycles. The average Bonchev–Trinajstić information content (AvgIpc) is 2.78. The van der Waals surface area contributed by atoms with E-state index in [1.807, 2.05) is 0 Å². The Hall–Kier alpha value is -0.570. The van der Waals surface area contributed by atoms with Crippen LogP contribution in [0.1, 0.15) is 52.4 Å². The lowest BCUT2D eigenvalue weighted by Crippen LogP contribution is -2.31. The Bertz CT molecular complexity index is 264. The molecule has 2 unspecified atom stereocenters. The molecule has 0 radical (unpaired) electrons. The molecule has 3 nitrogen and oxygen atoms in total. The SMILES string of the molecule is CCCCOC(=O)C12CCCC1(CC)O2. The summed E-state index contributed by atoms with van der Waals surface area (Å²) in [7, 11) is 0.